The standard InChI is InChI=1S/C16H36BP2/c1-13(2,3)18(14(4,5)6)17-19(15(7,8)9)16(10,11)12/h1-12H3. The Hall–Kier alpha value is 0.925. The summed E-state index contributed by atoms with van der Waals surface area (Å²) < 4.78 is 0. The lowest BCUT2D eigenvalue weighted by molar-refractivity contribution is 0.714. The first-order valence-corrected chi connectivity index (χ1v) is 10.2. The highest BCUT2D eigenvalue weighted by Crippen LogP contribution is 2.69. The van der Waals surface area contributed by atoms with Crippen molar-refractivity contribution in [1.82, 2.24) is 0 Å². The average Bonchev–Trinajstić information content (AvgIpc) is 1.91. The van der Waals surface area contributed by atoms with Crippen molar-refractivity contribution in [3.63, 3.8) is 0 Å². The molecule has 0 unspecified atom stereocenters. The molecule has 0 aromatic heterocycles. The van der Waals surface area contributed by atoms with E-state index in [2.05, 4.69) is 89.8 Å². The number of rotatable bonds is 2. The summed E-state index contributed by atoms with van der Waals surface area (Å²) in [5.74, 6) is 0. The first-order valence-electron chi connectivity index (χ1n) is 7.41. The van der Waals surface area contributed by atoms with Gasteiger partial charge in [-0.3, -0.25) is 0 Å². The lowest BCUT2D eigenvalue weighted by atomic mass is 10.2. The van der Waals surface area contributed by atoms with E-state index in [1.807, 2.05) is 0 Å². The van der Waals surface area contributed by atoms with Crippen LogP contribution in [0.1, 0.15) is 83.1 Å². The van der Waals surface area contributed by atoms with Gasteiger partial charge in [0.05, 0.1) is 0 Å². The van der Waals surface area contributed by atoms with Crippen LogP contribution in [0.15, 0.2) is 0 Å². The van der Waals surface area contributed by atoms with Gasteiger partial charge >= 0.3 is 0 Å². The maximum atomic E-state index is 2.80. The van der Waals surface area contributed by atoms with E-state index in [1.165, 1.54) is 0 Å². The smallest absolute Gasteiger partial charge is 0.130 e. The highest BCUT2D eigenvalue weighted by atomic mass is 31.2. The van der Waals surface area contributed by atoms with Gasteiger partial charge in [0, 0.05) is 0 Å². The molecule has 0 amide bonds. The molecule has 0 saturated carbocycles. The van der Waals surface area contributed by atoms with E-state index < -0.39 is 0 Å². The molecule has 0 spiro atoms. The van der Waals surface area contributed by atoms with Gasteiger partial charge in [0.1, 0.15) is 0 Å². The second kappa shape index (κ2) is 5.97. The zero-order valence-corrected chi connectivity index (χ0v) is 17.3. The molecular weight excluding hydrogens is 265 g/mol. The molecule has 0 rings (SSSR count). The Morgan fingerprint density at radius 1 is 0.421 bits per heavy atom. The Morgan fingerprint density at radius 3 is 0.684 bits per heavy atom. The summed E-state index contributed by atoms with van der Waals surface area (Å²) in [5.41, 5.74) is 0. The first kappa shape index (κ1) is 19.9. The molecule has 3 heteroatoms. The number of hydrogen-bond donors (Lipinski definition) is 0. The van der Waals surface area contributed by atoms with Crippen molar-refractivity contribution in [3.05, 3.63) is 0 Å². The van der Waals surface area contributed by atoms with Crippen LogP contribution in [-0.2, 0) is 0 Å². The van der Waals surface area contributed by atoms with Gasteiger partial charge in [0.25, 0.3) is 0 Å². The van der Waals surface area contributed by atoms with Crippen molar-refractivity contribution < 1.29 is 0 Å². The van der Waals surface area contributed by atoms with Crippen molar-refractivity contribution in [2.45, 2.75) is 104 Å². The monoisotopic (exact) mass is 301 g/mol. The van der Waals surface area contributed by atoms with E-state index in [0.717, 1.165) is 0 Å². The maximum absolute atomic E-state index is 2.80. The fourth-order valence-corrected chi connectivity index (χ4v) is 13.3. The Bertz CT molecular complexity index is 226. The van der Waals surface area contributed by atoms with Gasteiger partial charge in [0.2, 0.25) is 0 Å². The summed E-state index contributed by atoms with van der Waals surface area (Å²) in [6.45, 7) is 31.8. The normalized spacial score (nSPS) is 15.3. The molecule has 0 aliphatic carbocycles. The third-order valence-electron chi connectivity index (χ3n) is 3.12. The van der Waals surface area contributed by atoms with E-state index in [0.29, 0.717) is 20.6 Å². The van der Waals surface area contributed by atoms with Crippen LogP contribution >= 0.6 is 15.6 Å². The maximum Gasteiger partial charge on any atom is 0.183 e. The fourth-order valence-electron chi connectivity index (χ4n) is 2.82. The minimum absolute atomic E-state index is 0.107. The summed E-state index contributed by atoms with van der Waals surface area (Å²) in [6, 6.07) is 0. The van der Waals surface area contributed by atoms with E-state index in [1.54, 1.807) is 0 Å². The van der Waals surface area contributed by atoms with Crippen LogP contribution in [0.2, 0.25) is 0 Å². The Balaban J connectivity index is 5.43. The van der Waals surface area contributed by atoms with Crippen LogP contribution in [0, 0.1) is 0 Å². The highest BCUT2D eigenvalue weighted by Gasteiger charge is 2.42. The van der Waals surface area contributed by atoms with Crippen LogP contribution in [0.5, 0.6) is 0 Å². The molecule has 0 heterocycles. The summed E-state index contributed by atoms with van der Waals surface area (Å²) in [6.07, 6.45) is 0. The molecule has 0 aliphatic rings. The molecule has 0 nitrogen and oxygen atoms in total. The largest absolute Gasteiger partial charge is 0.183 e. The SMILES string of the molecule is CC(C)(C)P([B]P(C(C)(C)C)C(C)(C)C)C(C)(C)C. The predicted molar refractivity (Wildman–Crippen MR) is 98.6 cm³/mol. The Kier molecular flexibility index (Phi) is 6.26. The van der Waals surface area contributed by atoms with Crippen molar-refractivity contribution >= 4 is 22.3 Å². The quantitative estimate of drug-likeness (QED) is 0.394. The van der Waals surface area contributed by atoms with Crippen molar-refractivity contribution in [2.75, 3.05) is 0 Å². The third kappa shape index (κ3) is 6.48. The molecule has 0 N–H and O–H groups in total. The number of hydrogen-bond acceptors (Lipinski definition) is 0. The molecule has 1 radical (unpaired) electrons. The Labute approximate surface area is 126 Å². The molecule has 0 saturated heterocycles. The van der Waals surface area contributed by atoms with E-state index in [-0.39, 0.29) is 15.6 Å². The van der Waals surface area contributed by atoms with E-state index >= 15 is 0 Å². The van der Waals surface area contributed by atoms with Crippen LogP contribution in [0.3, 0.4) is 0 Å². The van der Waals surface area contributed by atoms with Crippen molar-refractivity contribution in [2.24, 2.45) is 0 Å². The Morgan fingerprint density at radius 2 is 0.579 bits per heavy atom. The van der Waals surface area contributed by atoms with E-state index in [4.69, 9.17) is 0 Å². The predicted octanol–water partition coefficient (Wildman–Crippen LogP) is 6.68. The molecule has 0 fully saturated rings. The first-order chi connectivity index (χ1) is 7.97. The molecule has 0 aromatic carbocycles. The lowest BCUT2D eigenvalue weighted by Gasteiger charge is -2.49. The van der Waals surface area contributed by atoms with Crippen LogP contribution in [0.25, 0.3) is 0 Å². The van der Waals surface area contributed by atoms with Crippen molar-refractivity contribution in [1.29, 1.82) is 0 Å². The molecule has 113 valence electrons. The zero-order valence-electron chi connectivity index (χ0n) is 15.5. The molecule has 19 heavy (non-hydrogen) atoms. The lowest BCUT2D eigenvalue weighted by Crippen LogP contribution is -2.33. The summed E-state index contributed by atoms with van der Waals surface area (Å²) in [4.78, 5) is 0. The second-order valence-corrected chi connectivity index (χ2v) is 17.3. The summed E-state index contributed by atoms with van der Waals surface area (Å²) in [7, 11) is -0.214. The second-order valence-electron chi connectivity index (χ2n) is 9.54. The van der Waals surface area contributed by atoms with Crippen LogP contribution in [0.4, 0.5) is 0 Å². The van der Waals surface area contributed by atoms with Crippen molar-refractivity contribution in [3.8, 4) is 0 Å². The average molecular weight is 301 g/mol. The van der Waals surface area contributed by atoms with Gasteiger partial charge in [0.15, 0.2) is 6.72 Å². The minimum Gasteiger partial charge on any atom is -0.130 e. The zero-order chi connectivity index (χ0) is 15.9. The molecular formula is C16H36BP2. The summed E-state index contributed by atoms with van der Waals surface area (Å²) >= 11 is 0. The molecule has 0 aliphatic heterocycles. The summed E-state index contributed by atoms with van der Waals surface area (Å²) in [5, 5.41) is 1.57. The molecule has 0 atom stereocenters. The fraction of sp³-hybridized carbons (Fsp3) is 1.00. The van der Waals surface area contributed by atoms with Gasteiger partial charge in [-0.05, 0) is 20.6 Å². The van der Waals surface area contributed by atoms with Crippen LogP contribution in [-0.4, -0.2) is 27.3 Å². The third-order valence-corrected chi connectivity index (χ3v) is 10.8. The highest BCUT2D eigenvalue weighted by molar-refractivity contribution is 8.16. The van der Waals surface area contributed by atoms with Gasteiger partial charge < -0.3 is 0 Å². The van der Waals surface area contributed by atoms with Gasteiger partial charge in [-0.1, -0.05) is 83.1 Å². The molecule has 0 aromatic rings. The molecule has 0 bridgehead atoms. The van der Waals surface area contributed by atoms with Gasteiger partial charge in [-0.15, -0.1) is 15.6 Å². The van der Waals surface area contributed by atoms with E-state index in [9.17, 15) is 0 Å². The van der Waals surface area contributed by atoms with Gasteiger partial charge in [-0.2, -0.15) is 0 Å². The van der Waals surface area contributed by atoms with Gasteiger partial charge in [-0.25, -0.2) is 0 Å². The minimum atomic E-state index is -0.107. The van der Waals surface area contributed by atoms with Crippen LogP contribution < -0.4 is 0 Å². The topological polar surface area (TPSA) is 0 Å².